The quantitative estimate of drug-likeness (QED) is 0.768. The van der Waals surface area contributed by atoms with Crippen molar-refractivity contribution in [1.29, 1.82) is 0 Å². The van der Waals surface area contributed by atoms with Crippen LogP contribution < -0.4 is 0 Å². The van der Waals surface area contributed by atoms with Crippen molar-refractivity contribution in [1.82, 2.24) is 9.80 Å². The summed E-state index contributed by atoms with van der Waals surface area (Å²) in [6.45, 7) is 5.12. The molecule has 120 valence electrons. The molecule has 2 aromatic carbocycles. The second-order valence-electron chi connectivity index (χ2n) is 6.07. The van der Waals surface area contributed by atoms with Gasteiger partial charge in [-0.25, -0.2) is 0 Å². The SMILES string of the molecule is CN1CCN(Cc2ccccc2C(=O)c2ccc(Br)cc2)CC1. The smallest absolute Gasteiger partial charge is 0.193 e. The number of hydrogen-bond acceptors (Lipinski definition) is 3. The highest BCUT2D eigenvalue weighted by molar-refractivity contribution is 9.10. The molecule has 0 spiro atoms. The Bertz CT molecular complexity index is 676. The van der Waals surface area contributed by atoms with E-state index >= 15 is 0 Å². The van der Waals surface area contributed by atoms with E-state index in [4.69, 9.17) is 0 Å². The van der Waals surface area contributed by atoms with Crippen LogP contribution >= 0.6 is 15.9 Å². The first kappa shape index (κ1) is 16.4. The molecule has 1 aliphatic heterocycles. The molecule has 1 aliphatic rings. The highest BCUT2D eigenvalue weighted by Crippen LogP contribution is 2.19. The molecule has 0 bridgehead atoms. The average molecular weight is 373 g/mol. The Morgan fingerprint density at radius 1 is 1.00 bits per heavy atom. The van der Waals surface area contributed by atoms with Crippen LogP contribution in [0.3, 0.4) is 0 Å². The van der Waals surface area contributed by atoms with Gasteiger partial charge in [-0.1, -0.05) is 40.2 Å². The van der Waals surface area contributed by atoms with E-state index in [1.165, 1.54) is 0 Å². The summed E-state index contributed by atoms with van der Waals surface area (Å²) in [6, 6.07) is 15.5. The van der Waals surface area contributed by atoms with Crippen LogP contribution in [0.4, 0.5) is 0 Å². The molecule has 2 aromatic rings. The second-order valence-corrected chi connectivity index (χ2v) is 6.99. The molecule has 0 unspecified atom stereocenters. The topological polar surface area (TPSA) is 23.6 Å². The van der Waals surface area contributed by atoms with Gasteiger partial charge in [0.2, 0.25) is 0 Å². The Morgan fingerprint density at radius 2 is 1.65 bits per heavy atom. The fourth-order valence-electron chi connectivity index (χ4n) is 2.88. The van der Waals surface area contributed by atoms with Crippen molar-refractivity contribution in [3.8, 4) is 0 Å². The van der Waals surface area contributed by atoms with Gasteiger partial charge in [0.15, 0.2) is 5.78 Å². The molecule has 4 heteroatoms. The van der Waals surface area contributed by atoms with Crippen molar-refractivity contribution in [2.24, 2.45) is 0 Å². The number of benzene rings is 2. The molecular weight excluding hydrogens is 352 g/mol. The number of piperazine rings is 1. The van der Waals surface area contributed by atoms with Crippen LogP contribution in [-0.4, -0.2) is 48.8 Å². The van der Waals surface area contributed by atoms with Gasteiger partial charge < -0.3 is 4.90 Å². The van der Waals surface area contributed by atoms with E-state index in [0.717, 1.165) is 53.9 Å². The summed E-state index contributed by atoms with van der Waals surface area (Å²) in [5.41, 5.74) is 2.66. The number of ketones is 1. The van der Waals surface area contributed by atoms with Gasteiger partial charge in [-0.15, -0.1) is 0 Å². The maximum absolute atomic E-state index is 12.8. The van der Waals surface area contributed by atoms with E-state index in [0.29, 0.717) is 0 Å². The van der Waals surface area contributed by atoms with Gasteiger partial charge in [0.05, 0.1) is 0 Å². The summed E-state index contributed by atoms with van der Waals surface area (Å²) in [6.07, 6.45) is 0. The standard InChI is InChI=1S/C19H21BrN2O/c1-21-10-12-22(13-11-21)14-16-4-2-3-5-18(16)19(23)15-6-8-17(20)9-7-15/h2-9H,10-14H2,1H3. The number of rotatable bonds is 4. The minimum Gasteiger partial charge on any atom is -0.304 e. The van der Waals surface area contributed by atoms with E-state index in [-0.39, 0.29) is 5.78 Å². The maximum Gasteiger partial charge on any atom is 0.193 e. The Balaban J connectivity index is 1.80. The summed E-state index contributed by atoms with van der Waals surface area (Å²) in [5, 5.41) is 0. The molecule has 0 radical (unpaired) electrons. The first-order chi connectivity index (χ1) is 11.1. The van der Waals surface area contributed by atoms with Crippen LogP contribution in [0.2, 0.25) is 0 Å². The Kier molecular flexibility index (Phi) is 5.26. The van der Waals surface area contributed by atoms with Crippen molar-refractivity contribution in [2.45, 2.75) is 6.54 Å². The van der Waals surface area contributed by atoms with E-state index in [2.05, 4.69) is 38.8 Å². The van der Waals surface area contributed by atoms with E-state index in [1.54, 1.807) is 0 Å². The minimum atomic E-state index is 0.0993. The monoisotopic (exact) mass is 372 g/mol. The van der Waals surface area contributed by atoms with Gasteiger partial charge in [-0.3, -0.25) is 9.69 Å². The minimum absolute atomic E-state index is 0.0993. The first-order valence-corrected chi connectivity index (χ1v) is 8.72. The predicted molar refractivity (Wildman–Crippen MR) is 96.8 cm³/mol. The summed E-state index contributed by atoms with van der Waals surface area (Å²) in [4.78, 5) is 17.6. The molecule has 0 aliphatic carbocycles. The summed E-state index contributed by atoms with van der Waals surface area (Å²) in [5.74, 6) is 0.0993. The zero-order valence-electron chi connectivity index (χ0n) is 13.3. The number of carbonyl (C=O) groups excluding carboxylic acids is 1. The number of hydrogen-bond donors (Lipinski definition) is 0. The van der Waals surface area contributed by atoms with Gasteiger partial charge in [0.25, 0.3) is 0 Å². The molecule has 0 N–H and O–H groups in total. The molecule has 1 fully saturated rings. The van der Waals surface area contributed by atoms with Gasteiger partial charge in [0.1, 0.15) is 0 Å². The third-order valence-corrected chi connectivity index (χ3v) is 4.89. The lowest BCUT2D eigenvalue weighted by Gasteiger charge is -2.32. The predicted octanol–water partition coefficient (Wildman–Crippen LogP) is 3.43. The number of likely N-dealkylation sites (N-methyl/N-ethyl adjacent to an activating group) is 1. The van der Waals surface area contributed by atoms with Crippen molar-refractivity contribution in [3.05, 3.63) is 69.7 Å². The average Bonchev–Trinajstić information content (AvgIpc) is 2.57. The molecule has 1 saturated heterocycles. The summed E-state index contributed by atoms with van der Waals surface area (Å²) in [7, 11) is 2.16. The fourth-order valence-corrected chi connectivity index (χ4v) is 3.15. The Hall–Kier alpha value is -1.49. The molecule has 0 aromatic heterocycles. The van der Waals surface area contributed by atoms with Crippen molar-refractivity contribution < 1.29 is 4.79 Å². The van der Waals surface area contributed by atoms with E-state index in [9.17, 15) is 4.79 Å². The normalized spacial score (nSPS) is 16.4. The summed E-state index contributed by atoms with van der Waals surface area (Å²) < 4.78 is 0.986. The second kappa shape index (κ2) is 7.39. The van der Waals surface area contributed by atoms with E-state index in [1.807, 2.05) is 42.5 Å². The molecule has 0 atom stereocenters. The maximum atomic E-state index is 12.8. The molecule has 3 nitrogen and oxygen atoms in total. The number of carbonyl (C=O) groups is 1. The number of nitrogens with zero attached hydrogens (tertiary/aromatic N) is 2. The van der Waals surface area contributed by atoms with Crippen LogP contribution in [0.1, 0.15) is 21.5 Å². The molecule has 0 saturated carbocycles. The Morgan fingerprint density at radius 3 is 2.35 bits per heavy atom. The van der Waals surface area contributed by atoms with Crippen molar-refractivity contribution in [3.63, 3.8) is 0 Å². The highest BCUT2D eigenvalue weighted by Gasteiger charge is 2.18. The van der Waals surface area contributed by atoms with Crippen LogP contribution in [0, 0.1) is 0 Å². The van der Waals surface area contributed by atoms with E-state index < -0.39 is 0 Å². The van der Waals surface area contributed by atoms with Crippen molar-refractivity contribution >= 4 is 21.7 Å². The molecular formula is C19H21BrN2O. The molecule has 1 heterocycles. The highest BCUT2D eigenvalue weighted by atomic mass is 79.9. The van der Waals surface area contributed by atoms with Crippen LogP contribution in [0.15, 0.2) is 53.0 Å². The zero-order valence-corrected chi connectivity index (χ0v) is 14.9. The van der Waals surface area contributed by atoms with Gasteiger partial charge in [-0.2, -0.15) is 0 Å². The fraction of sp³-hybridized carbons (Fsp3) is 0.316. The molecule has 3 rings (SSSR count). The third-order valence-electron chi connectivity index (χ3n) is 4.36. The summed E-state index contributed by atoms with van der Waals surface area (Å²) >= 11 is 3.41. The van der Waals surface area contributed by atoms with Crippen LogP contribution in [0.25, 0.3) is 0 Å². The largest absolute Gasteiger partial charge is 0.304 e. The van der Waals surface area contributed by atoms with Gasteiger partial charge in [0, 0.05) is 48.3 Å². The van der Waals surface area contributed by atoms with Gasteiger partial charge >= 0.3 is 0 Å². The van der Waals surface area contributed by atoms with Crippen LogP contribution in [-0.2, 0) is 6.54 Å². The Labute approximate surface area is 146 Å². The van der Waals surface area contributed by atoms with Crippen molar-refractivity contribution in [2.75, 3.05) is 33.2 Å². The van der Waals surface area contributed by atoms with Crippen LogP contribution in [0.5, 0.6) is 0 Å². The third kappa shape index (κ3) is 4.08. The zero-order chi connectivity index (χ0) is 16.2. The van der Waals surface area contributed by atoms with Gasteiger partial charge in [-0.05, 0) is 36.9 Å². The lowest BCUT2D eigenvalue weighted by Crippen LogP contribution is -2.44. The molecule has 23 heavy (non-hydrogen) atoms. The molecule has 0 amide bonds. The first-order valence-electron chi connectivity index (χ1n) is 7.92. The lowest BCUT2D eigenvalue weighted by molar-refractivity contribution is 0.103. The lowest BCUT2D eigenvalue weighted by atomic mass is 9.98. The number of halogens is 1.